The molecular formula is C11H8ClNO. The molecule has 1 heterocycles. The molecule has 0 radical (unpaired) electrons. The highest BCUT2D eigenvalue weighted by atomic mass is 35.5. The third-order valence-corrected chi connectivity index (χ3v) is 2.32. The first-order valence-corrected chi connectivity index (χ1v) is 4.53. The van der Waals surface area contributed by atoms with E-state index in [1.807, 2.05) is 25.1 Å². The first-order chi connectivity index (χ1) is 7.08. The van der Waals surface area contributed by atoms with Crippen LogP contribution in [0, 0.1) is 6.92 Å². The Morgan fingerprint density at radius 1 is 1.50 bits per heavy atom. The standard InChI is InChI=1S/C11H8ClNO/c1-7-2-3-10-8(4-7)5-9(6-14)11(12)13-10/h2-6H,1H3/i6D. The number of nitrogens with zero attached hydrogens (tertiary/aromatic N) is 1. The molecule has 0 spiro atoms. The molecule has 2 rings (SSSR count). The van der Waals surface area contributed by atoms with E-state index in [4.69, 9.17) is 13.0 Å². The van der Waals surface area contributed by atoms with E-state index in [1.165, 1.54) is 0 Å². The number of hydrogen-bond acceptors (Lipinski definition) is 2. The molecule has 0 aliphatic heterocycles. The predicted molar refractivity (Wildman–Crippen MR) is 56.9 cm³/mol. The number of aldehydes is 1. The first kappa shape index (κ1) is 7.94. The minimum absolute atomic E-state index is 0.0892. The Morgan fingerprint density at radius 3 is 3.00 bits per heavy atom. The van der Waals surface area contributed by atoms with Gasteiger partial charge in [0.25, 0.3) is 0 Å². The lowest BCUT2D eigenvalue weighted by atomic mass is 10.1. The second-order valence-corrected chi connectivity index (χ2v) is 3.48. The molecule has 0 N–H and O–H groups in total. The average molecular weight is 207 g/mol. The molecule has 0 saturated carbocycles. The number of rotatable bonds is 1. The van der Waals surface area contributed by atoms with Crippen LogP contribution in [-0.4, -0.2) is 11.2 Å². The smallest absolute Gasteiger partial charge is 0.153 e. The number of halogens is 1. The molecular weight excluding hydrogens is 198 g/mol. The highest BCUT2D eigenvalue weighted by Crippen LogP contribution is 2.20. The Bertz CT molecular complexity index is 554. The second-order valence-electron chi connectivity index (χ2n) is 3.12. The van der Waals surface area contributed by atoms with Crippen LogP contribution in [0.15, 0.2) is 24.3 Å². The van der Waals surface area contributed by atoms with Crippen molar-refractivity contribution in [3.8, 4) is 0 Å². The Balaban J connectivity index is 2.77. The topological polar surface area (TPSA) is 30.0 Å². The van der Waals surface area contributed by atoms with Gasteiger partial charge in [-0.05, 0) is 25.1 Å². The highest BCUT2D eigenvalue weighted by Gasteiger charge is 2.03. The van der Waals surface area contributed by atoms with Crippen molar-refractivity contribution in [1.82, 2.24) is 4.98 Å². The summed E-state index contributed by atoms with van der Waals surface area (Å²) in [5.41, 5.74) is 1.96. The number of aromatic nitrogens is 1. The zero-order valence-electron chi connectivity index (χ0n) is 8.54. The fourth-order valence-corrected chi connectivity index (χ4v) is 1.53. The Labute approximate surface area is 87.9 Å². The van der Waals surface area contributed by atoms with Crippen molar-refractivity contribution in [3.63, 3.8) is 0 Å². The van der Waals surface area contributed by atoms with Crippen LogP contribution in [-0.2, 0) is 0 Å². The van der Waals surface area contributed by atoms with Gasteiger partial charge in [0.1, 0.15) is 6.52 Å². The summed E-state index contributed by atoms with van der Waals surface area (Å²) in [7, 11) is 0. The van der Waals surface area contributed by atoms with Gasteiger partial charge in [0.2, 0.25) is 0 Å². The summed E-state index contributed by atoms with van der Waals surface area (Å²) in [6.07, 6.45) is -0.809. The van der Waals surface area contributed by atoms with Crippen LogP contribution >= 0.6 is 11.6 Å². The van der Waals surface area contributed by atoms with Crippen molar-refractivity contribution in [3.05, 3.63) is 40.5 Å². The number of aryl methyl sites for hydroxylation is 1. The zero-order valence-corrected chi connectivity index (χ0v) is 8.30. The largest absolute Gasteiger partial charge is 0.298 e. The average Bonchev–Trinajstić information content (AvgIpc) is 2.17. The summed E-state index contributed by atoms with van der Waals surface area (Å²) in [6, 6.07) is 7.28. The number of pyridine rings is 1. The van der Waals surface area contributed by atoms with Crippen molar-refractivity contribution < 1.29 is 6.17 Å². The van der Waals surface area contributed by atoms with E-state index in [2.05, 4.69) is 4.98 Å². The van der Waals surface area contributed by atoms with Gasteiger partial charge in [-0.15, -0.1) is 0 Å². The summed E-state index contributed by atoms with van der Waals surface area (Å²) in [4.78, 5) is 15.0. The van der Waals surface area contributed by atoms with Crippen LogP contribution in [0.25, 0.3) is 10.9 Å². The number of carbonyl (C=O) groups excluding carboxylic acids is 1. The molecule has 70 valence electrons. The van der Waals surface area contributed by atoms with Crippen LogP contribution in [0.2, 0.25) is 5.15 Å². The molecule has 14 heavy (non-hydrogen) atoms. The molecule has 1 aromatic heterocycles. The lowest BCUT2D eigenvalue weighted by Gasteiger charge is -2.01. The molecule has 0 unspecified atom stereocenters. The molecule has 2 nitrogen and oxygen atoms in total. The van der Waals surface area contributed by atoms with E-state index in [0.717, 1.165) is 16.5 Å². The van der Waals surface area contributed by atoms with Gasteiger partial charge >= 0.3 is 0 Å². The van der Waals surface area contributed by atoms with E-state index >= 15 is 0 Å². The van der Waals surface area contributed by atoms with Gasteiger partial charge in [0.05, 0.1) is 11.1 Å². The zero-order chi connectivity index (χ0) is 11.0. The normalized spacial score (nSPS) is 11.4. The van der Waals surface area contributed by atoms with Gasteiger partial charge in [-0.3, -0.25) is 4.79 Å². The second kappa shape index (κ2) is 3.39. The van der Waals surface area contributed by atoms with Crippen LogP contribution in [0.5, 0.6) is 0 Å². The van der Waals surface area contributed by atoms with Gasteiger partial charge in [-0.1, -0.05) is 23.2 Å². The summed E-state index contributed by atoms with van der Waals surface area (Å²) >= 11 is 5.79. The first-order valence-electron chi connectivity index (χ1n) is 4.66. The number of fused-ring (bicyclic) bond motifs is 1. The quantitative estimate of drug-likeness (QED) is 0.530. The van der Waals surface area contributed by atoms with Gasteiger partial charge in [0, 0.05) is 5.39 Å². The minimum atomic E-state index is -0.809. The molecule has 2 aromatic rings. The van der Waals surface area contributed by atoms with Crippen molar-refractivity contribution in [2.24, 2.45) is 0 Å². The number of hydrogen-bond donors (Lipinski definition) is 0. The maximum Gasteiger partial charge on any atom is 0.153 e. The fourth-order valence-electron chi connectivity index (χ4n) is 1.34. The van der Waals surface area contributed by atoms with E-state index in [9.17, 15) is 4.79 Å². The van der Waals surface area contributed by atoms with Gasteiger partial charge in [-0.25, -0.2) is 4.98 Å². The minimum Gasteiger partial charge on any atom is -0.298 e. The van der Waals surface area contributed by atoms with Crippen molar-refractivity contribution in [1.29, 1.82) is 0 Å². The van der Waals surface area contributed by atoms with E-state index in [-0.39, 0.29) is 10.7 Å². The molecule has 0 atom stereocenters. The van der Waals surface area contributed by atoms with Crippen molar-refractivity contribution in [2.75, 3.05) is 0 Å². The molecule has 0 bridgehead atoms. The van der Waals surface area contributed by atoms with E-state index in [1.54, 1.807) is 6.07 Å². The lowest BCUT2D eigenvalue weighted by Crippen LogP contribution is -1.88. The number of benzene rings is 1. The number of carbonyl (C=O) groups is 1. The molecule has 0 aliphatic rings. The van der Waals surface area contributed by atoms with Crippen LogP contribution in [0.1, 0.15) is 17.3 Å². The Hall–Kier alpha value is -1.41. The van der Waals surface area contributed by atoms with Crippen molar-refractivity contribution >= 4 is 28.8 Å². The van der Waals surface area contributed by atoms with E-state index < -0.39 is 6.26 Å². The van der Waals surface area contributed by atoms with Gasteiger partial charge < -0.3 is 0 Å². The lowest BCUT2D eigenvalue weighted by molar-refractivity contribution is 0.112. The van der Waals surface area contributed by atoms with Crippen molar-refractivity contribution in [2.45, 2.75) is 6.92 Å². The van der Waals surface area contributed by atoms with Gasteiger partial charge in [-0.2, -0.15) is 0 Å². The predicted octanol–water partition coefficient (Wildman–Crippen LogP) is 3.01. The molecule has 0 fully saturated rings. The summed E-state index contributed by atoms with van der Waals surface area (Å²) < 4.78 is 7.03. The molecule has 1 aromatic carbocycles. The summed E-state index contributed by atoms with van der Waals surface area (Å²) in [6.45, 7) is 1.95. The Kier molecular flexibility index (Phi) is 1.92. The maximum atomic E-state index is 10.9. The van der Waals surface area contributed by atoms with Crippen LogP contribution in [0.4, 0.5) is 0 Å². The monoisotopic (exact) mass is 206 g/mol. The molecule has 3 heteroatoms. The fraction of sp³-hybridized carbons (Fsp3) is 0.0909. The van der Waals surface area contributed by atoms with Gasteiger partial charge in [0.15, 0.2) is 6.26 Å². The third kappa shape index (κ3) is 1.49. The third-order valence-electron chi connectivity index (χ3n) is 2.03. The maximum absolute atomic E-state index is 10.9. The molecule has 0 saturated heterocycles. The highest BCUT2D eigenvalue weighted by molar-refractivity contribution is 6.32. The van der Waals surface area contributed by atoms with E-state index in [0.29, 0.717) is 0 Å². The molecule has 0 amide bonds. The Morgan fingerprint density at radius 2 is 2.29 bits per heavy atom. The SMILES string of the molecule is [2H]C(=O)c1cc2cc(C)ccc2nc1Cl. The molecule has 0 aliphatic carbocycles. The van der Waals surface area contributed by atoms with Crippen LogP contribution < -0.4 is 0 Å². The summed E-state index contributed by atoms with van der Waals surface area (Å²) in [5.74, 6) is 0. The van der Waals surface area contributed by atoms with Crippen LogP contribution in [0.3, 0.4) is 0 Å². The summed E-state index contributed by atoms with van der Waals surface area (Å²) in [5, 5.41) is 0.918.